The first-order valence-electron chi connectivity index (χ1n) is 9.33. The summed E-state index contributed by atoms with van der Waals surface area (Å²) in [6, 6.07) is 4.18. The van der Waals surface area contributed by atoms with Gasteiger partial charge in [0.15, 0.2) is 5.76 Å². The van der Waals surface area contributed by atoms with Crippen LogP contribution in [0.4, 0.5) is 17.6 Å². The summed E-state index contributed by atoms with van der Waals surface area (Å²) in [4.78, 5) is 15.9. The van der Waals surface area contributed by atoms with Crippen LogP contribution in [-0.2, 0) is 14.3 Å². The van der Waals surface area contributed by atoms with Crippen LogP contribution in [0.1, 0.15) is 25.0 Å². The average molecular weight is 463 g/mol. The van der Waals surface area contributed by atoms with E-state index in [9.17, 15) is 22.4 Å². The molecule has 1 saturated carbocycles. The number of carbonyl (C=O) groups is 1. The smallest absolute Gasteiger partial charge is 0.436 e. The Kier molecular flexibility index (Phi) is 7.34. The van der Waals surface area contributed by atoms with E-state index in [4.69, 9.17) is 20.8 Å². The molecular formula is C20H19ClF4N2O4. The van der Waals surface area contributed by atoms with E-state index in [1.165, 1.54) is 18.3 Å². The maximum absolute atomic E-state index is 13.6. The van der Waals surface area contributed by atoms with Gasteiger partial charge in [0.2, 0.25) is 11.8 Å². The van der Waals surface area contributed by atoms with Gasteiger partial charge < -0.3 is 14.5 Å². The van der Waals surface area contributed by atoms with Crippen molar-refractivity contribution < 1.29 is 36.2 Å². The van der Waals surface area contributed by atoms with E-state index >= 15 is 0 Å². The van der Waals surface area contributed by atoms with Crippen LogP contribution in [0.3, 0.4) is 0 Å². The molecule has 0 saturated heterocycles. The van der Waals surface area contributed by atoms with Crippen LogP contribution in [0.5, 0.6) is 0 Å². The Morgan fingerprint density at radius 1 is 1.32 bits per heavy atom. The number of carbonyl (C=O) groups excluding carboxylic acids is 1. The Morgan fingerprint density at radius 3 is 2.74 bits per heavy atom. The summed E-state index contributed by atoms with van der Waals surface area (Å²) in [6.07, 6.45) is -4.02. The highest BCUT2D eigenvalue weighted by molar-refractivity contribution is 6.30. The Morgan fingerprint density at radius 2 is 2.06 bits per heavy atom. The fourth-order valence-electron chi connectivity index (χ4n) is 2.86. The van der Waals surface area contributed by atoms with E-state index in [2.05, 4.69) is 21.6 Å². The zero-order valence-corrected chi connectivity index (χ0v) is 16.9. The molecule has 1 heterocycles. The van der Waals surface area contributed by atoms with Gasteiger partial charge in [-0.25, -0.2) is 9.37 Å². The van der Waals surface area contributed by atoms with Gasteiger partial charge >= 0.3 is 6.36 Å². The highest BCUT2D eigenvalue weighted by atomic mass is 35.5. The van der Waals surface area contributed by atoms with Gasteiger partial charge in [0.25, 0.3) is 0 Å². The lowest BCUT2D eigenvalue weighted by Crippen LogP contribution is -2.42. The number of halogens is 5. The summed E-state index contributed by atoms with van der Waals surface area (Å²) >= 11 is 5.66. The molecule has 1 amide bonds. The van der Waals surface area contributed by atoms with Crippen molar-refractivity contribution in [3.8, 4) is 11.5 Å². The third-order valence-electron chi connectivity index (χ3n) is 4.57. The van der Waals surface area contributed by atoms with E-state index in [-0.39, 0.29) is 36.9 Å². The fraction of sp³-hybridized carbons (Fsp3) is 0.400. The lowest BCUT2D eigenvalue weighted by molar-refractivity contribution is -0.357. The van der Waals surface area contributed by atoms with Crippen LogP contribution in [0, 0.1) is 5.82 Å². The molecule has 1 aromatic carbocycles. The third kappa shape index (κ3) is 6.78. The lowest BCUT2D eigenvalue weighted by atomic mass is 9.92. The second kappa shape index (κ2) is 9.80. The largest absolute Gasteiger partial charge is 0.522 e. The fourth-order valence-corrected chi connectivity index (χ4v) is 2.98. The zero-order chi connectivity index (χ0) is 22.6. The minimum absolute atomic E-state index is 0.00794. The molecule has 0 atom stereocenters. The van der Waals surface area contributed by atoms with Crippen molar-refractivity contribution in [1.29, 1.82) is 0 Å². The predicted octanol–water partition coefficient (Wildman–Crippen LogP) is 4.74. The minimum Gasteiger partial charge on any atom is -0.436 e. The molecular weight excluding hydrogens is 444 g/mol. The molecule has 0 unspecified atom stereocenters. The van der Waals surface area contributed by atoms with Gasteiger partial charge in [-0.15, -0.1) is 13.2 Å². The van der Waals surface area contributed by atoms with Crippen molar-refractivity contribution in [2.45, 2.75) is 37.8 Å². The number of rotatable bonds is 9. The van der Waals surface area contributed by atoms with Gasteiger partial charge in [0.05, 0.1) is 23.4 Å². The molecule has 11 heteroatoms. The first kappa shape index (κ1) is 23.2. The standard InChI is InChI=1S/C20H19ClF4N2O4/c1-11(17-9-27-19(30-17)12-2-3-15(21)16(22)6-12)4-5-26-18(28)10-29-13-7-14(8-13)31-20(23,24)25/h2-3,6,9,13-14H,1,4-5,7-8,10H2,(H,26,28)/t13-,14+. The van der Waals surface area contributed by atoms with Crippen molar-refractivity contribution in [2.24, 2.45) is 0 Å². The predicted molar refractivity (Wildman–Crippen MR) is 103 cm³/mol. The quantitative estimate of drug-likeness (QED) is 0.545. The zero-order valence-electron chi connectivity index (χ0n) is 16.2. The Bertz CT molecular complexity index is 942. The average Bonchev–Trinajstić information content (AvgIpc) is 3.15. The third-order valence-corrected chi connectivity index (χ3v) is 4.88. The normalized spacial score (nSPS) is 18.5. The van der Waals surface area contributed by atoms with Crippen molar-refractivity contribution in [1.82, 2.24) is 10.3 Å². The van der Waals surface area contributed by atoms with Gasteiger partial charge in [-0.05, 0) is 30.2 Å². The van der Waals surface area contributed by atoms with E-state index in [1.54, 1.807) is 6.07 Å². The number of hydrogen-bond donors (Lipinski definition) is 1. The Balaban J connectivity index is 1.35. The number of hydrogen-bond acceptors (Lipinski definition) is 5. The maximum Gasteiger partial charge on any atom is 0.522 e. The van der Waals surface area contributed by atoms with Crippen molar-refractivity contribution in [2.75, 3.05) is 13.2 Å². The van der Waals surface area contributed by atoms with Crippen LogP contribution in [0.25, 0.3) is 17.0 Å². The van der Waals surface area contributed by atoms with Crippen molar-refractivity contribution in [3.63, 3.8) is 0 Å². The summed E-state index contributed by atoms with van der Waals surface area (Å²) in [5, 5.41) is 2.62. The molecule has 3 rings (SSSR count). The summed E-state index contributed by atoms with van der Waals surface area (Å²) in [6.45, 7) is 3.86. The molecule has 2 aromatic rings. The number of nitrogens with zero attached hydrogens (tertiary/aromatic N) is 1. The lowest BCUT2D eigenvalue weighted by Gasteiger charge is -2.34. The van der Waals surface area contributed by atoms with Gasteiger partial charge in [0.1, 0.15) is 12.4 Å². The van der Waals surface area contributed by atoms with Crippen molar-refractivity contribution in [3.05, 3.63) is 47.6 Å². The number of aromatic nitrogens is 1. The molecule has 6 nitrogen and oxygen atoms in total. The monoisotopic (exact) mass is 462 g/mol. The first-order chi connectivity index (χ1) is 14.6. The minimum atomic E-state index is -4.66. The maximum atomic E-state index is 13.6. The van der Waals surface area contributed by atoms with Crippen LogP contribution >= 0.6 is 11.6 Å². The Labute approximate surface area is 180 Å². The SMILES string of the molecule is C=C(CCNC(=O)CO[C@H]1C[C@@H](OC(F)(F)F)C1)c1cnc(-c2ccc(Cl)c(F)c2)o1. The molecule has 0 radical (unpaired) electrons. The number of benzene rings is 1. The molecule has 1 aliphatic rings. The van der Waals surface area contributed by atoms with Crippen LogP contribution < -0.4 is 5.32 Å². The number of nitrogens with one attached hydrogen (secondary N) is 1. The molecule has 0 aliphatic heterocycles. The van der Waals surface area contributed by atoms with Gasteiger partial charge in [-0.2, -0.15) is 0 Å². The molecule has 0 spiro atoms. The summed E-state index contributed by atoms with van der Waals surface area (Å²) in [5.41, 5.74) is 0.991. The van der Waals surface area contributed by atoms with Crippen molar-refractivity contribution >= 4 is 23.1 Å². The second-order valence-corrected chi connectivity index (χ2v) is 7.36. The summed E-state index contributed by atoms with van der Waals surface area (Å²) < 4.78 is 64.4. The summed E-state index contributed by atoms with van der Waals surface area (Å²) in [5.74, 6) is -0.394. The van der Waals surface area contributed by atoms with E-state index in [0.717, 1.165) is 0 Å². The highest BCUT2D eigenvalue weighted by Crippen LogP contribution is 2.32. The Hall–Kier alpha value is -2.43. The molecule has 31 heavy (non-hydrogen) atoms. The number of alkyl halides is 3. The van der Waals surface area contributed by atoms with Crippen LogP contribution in [0.2, 0.25) is 5.02 Å². The molecule has 0 bridgehead atoms. The van der Waals surface area contributed by atoms with Gasteiger partial charge in [0, 0.05) is 24.9 Å². The first-order valence-corrected chi connectivity index (χ1v) is 9.71. The number of oxazole rings is 1. The highest BCUT2D eigenvalue weighted by Gasteiger charge is 2.40. The second-order valence-electron chi connectivity index (χ2n) is 6.95. The van der Waals surface area contributed by atoms with E-state index < -0.39 is 30.3 Å². The molecule has 168 valence electrons. The van der Waals surface area contributed by atoms with Crippen LogP contribution in [-0.4, -0.2) is 42.6 Å². The summed E-state index contributed by atoms with van der Waals surface area (Å²) in [7, 11) is 0. The van der Waals surface area contributed by atoms with E-state index in [0.29, 0.717) is 23.3 Å². The molecule has 1 N–H and O–H groups in total. The van der Waals surface area contributed by atoms with E-state index in [1.807, 2.05) is 0 Å². The van der Waals surface area contributed by atoms with Crippen LogP contribution in [0.15, 0.2) is 35.4 Å². The topological polar surface area (TPSA) is 73.6 Å². The van der Waals surface area contributed by atoms with Gasteiger partial charge in [-0.3, -0.25) is 9.53 Å². The molecule has 1 fully saturated rings. The number of amides is 1. The van der Waals surface area contributed by atoms with Gasteiger partial charge in [-0.1, -0.05) is 18.2 Å². The molecule has 1 aliphatic carbocycles. The molecule has 1 aromatic heterocycles. The number of ether oxygens (including phenoxy) is 2.